The number of piperidine rings is 1. The first-order chi connectivity index (χ1) is 16.5. The van der Waals surface area contributed by atoms with Crippen LogP contribution in [0, 0.1) is 5.92 Å². The molecule has 3 aliphatic rings. The molecular formula is C25H30N4O5. The number of hydrogen-bond acceptors (Lipinski definition) is 6. The molecule has 2 amide bonds. The van der Waals surface area contributed by atoms with Crippen molar-refractivity contribution in [2.24, 2.45) is 5.92 Å². The van der Waals surface area contributed by atoms with E-state index in [1.54, 1.807) is 12.3 Å². The van der Waals surface area contributed by atoms with Gasteiger partial charge in [0, 0.05) is 62.5 Å². The van der Waals surface area contributed by atoms with Gasteiger partial charge in [-0.25, -0.2) is 4.79 Å². The van der Waals surface area contributed by atoms with Gasteiger partial charge >= 0.3 is 6.09 Å². The monoisotopic (exact) mass is 466 g/mol. The SMILES string of the molecule is CN1CCN(C(=O)c2ccc(-c3ccc4c(c3)COC(C3CCN(C(=O)O)CC3)O4)cn2)CC1. The van der Waals surface area contributed by atoms with Crippen LogP contribution in [-0.4, -0.2) is 89.4 Å². The van der Waals surface area contributed by atoms with E-state index in [4.69, 9.17) is 14.6 Å². The Balaban J connectivity index is 1.22. The molecule has 2 saturated heterocycles. The molecule has 0 spiro atoms. The molecule has 0 aliphatic carbocycles. The third-order valence-electron chi connectivity index (χ3n) is 7.01. The van der Waals surface area contributed by atoms with Crippen molar-refractivity contribution in [2.45, 2.75) is 25.7 Å². The van der Waals surface area contributed by atoms with Crippen LogP contribution in [0.2, 0.25) is 0 Å². The summed E-state index contributed by atoms with van der Waals surface area (Å²) >= 11 is 0. The molecule has 1 unspecified atom stereocenters. The number of likely N-dealkylation sites (N-methyl/N-ethyl adjacent to an activating group) is 1. The fraction of sp³-hybridized carbons (Fsp3) is 0.480. The minimum Gasteiger partial charge on any atom is -0.465 e. The number of amides is 2. The van der Waals surface area contributed by atoms with E-state index in [-0.39, 0.29) is 18.1 Å². The van der Waals surface area contributed by atoms with E-state index in [0.717, 1.165) is 61.5 Å². The molecule has 1 aromatic heterocycles. The fourth-order valence-corrected chi connectivity index (χ4v) is 4.78. The molecule has 0 saturated carbocycles. The Labute approximate surface area is 198 Å². The third kappa shape index (κ3) is 4.71. The van der Waals surface area contributed by atoms with E-state index >= 15 is 0 Å². The number of rotatable bonds is 3. The Morgan fingerprint density at radius 2 is 1.71 bits per heavy atom. The highest BCUT2D eigenvalue weighted by atomic mass is 16.7. The van der Waals surface area contributed by atoms with Gasteiger partial charge in [0.1, 0.15) is 11.4 Å². The van der Waals surface area contributed by atoms with Gasteiger partial charge in [0.15, 0.2) is 0 Å². The molecule has 1 atom stereocenters. The van der Waals surface area contributed by atoms with Crippen molar-refractivity contribution in [1.82, 2.24) is 19.7 Å². The van der Waals surface area contributed by atoms with Gasteiger partial charge in [-0.1, -0.05) is 12.1 Å². The van der Waals surface area contributed by atoms with Gasteiger partial charge in [0.2, 0.25) is 6.29 Å². The van der Waals surface area contributed by atoms with Crippen molar-refractivity contribution in [1.29, 1.82) is 0 Å². The van der Waals surface area contributed by atoms with Gasteiger partial charge in [0.25, 0.3) is 5.91 Å². The summed E-state index contributed by atoms with van der Waals surface area (Å²) in [6.45, 7) is 4.68. The van der Waals surface area contributed by atoms with Crippen LogP contribution in [0.4, 0.5) is 4.79 Å². The van der Waals surface area contributed by atoms with Crippen LogP contribution in [0.15, 0.2) is 36.5 Å². The smallest absolute Gasteiger partial charge is 0.407 e. The van der Waals surface area contributed by atoms with Crippen LogP contribution in [0.1, 0.15) is 28.9 Å². The van der Waals surface area contributed by atoms with Gasteiger partial charge in [-0.05, 0) is 43.7 Å². The zero-order valence-electron chi connectivity index (χ0n) is 19.4. The maximum atomic E-state index is 12.7. The van der Waals surface area contributed by atoms with Gasteiger partial charge in [-0.2, -0.15) is 0 Å². The summed E-state index contributed by atoms with van der Waals surface area (Å²) in [5, 5.41) is 9.13. The lowest BCUT2D eigenvalue weighted by atomic mass is 9.95. The minimum atomic E-state index is -0.868. The summed E-state index contributed by atoms with van der Waals surface area (Å²) in [6.07, 6.45) is 1.99. The molecule has 34 heavy (non-hydrogen) atoms. The predicted octanol–water partition coefficient (Wildman–Crippen LogP) is 2.76. The molecule has 2 fully saturated rings. The number of benzene rings is 1. The Bertz CT molecular complexity index is 1040. The molecule has 1 aromatic carbocycles. The first kappa shape index (κ1) is 22.6. The Morgan fingerprint density at radius 1 is 0.971 bits per heavy atom. The lowest BCUT2D eigenvalue weighted by Gasteiger charge is -2.36. The number of fused-ring (bicyclic) bond motifs is 1. The van der Waals surface area contributed by atoms with Crippen LogP contribution in [0.3, 0.4) is 0 Å². The van der Waals surface area contributed by atoms with Crippen molar-refractivity contribution >= 4 is 12.0 Å². The lowest BCUT2D eigenvalue weighted by molar-refractivity contribution is -0.148. The van der Waals surface area contributed by atoms with Crippen LogP contribution < -0.4 is 4.74 Å². The highest BCUT2D eigenvalue weighted by molar-refractivity contribution is 5.92. The van der Waals surface area contributed by atoms with Gasteiger partial charge in [0.05, 0.1) is 6.61 Å². The maximum Gasteiger partial charge on any atom is 0.407 e. The van der Waals surface area contributed by atoms with Gasteiger partial charge in [-0.15, -0.1) is 0 Å². The zero-order chi connectivity index (χ0) is 23.7. The summed E-state index contributed by atoms with van der Waals surface area (Å²) in [6, 6.07) is 9.71. The number of carboxylic acid groups (broad SMARTS) is 1. The normalized spacial score (nSPS) is 21.6. The molecule has 4 heterocycles. The molecule has 0 radical (unpaired) electrons. The molecule has 1 N–H and O–H groups in total. The lowest BCUT2D eigenvalue weighted by Crippen LogP contribution is -2.47. The number of aromatic nitrogens is 1. The predicted molar refractivity (Wildman–Crippen MR) is 125 cm³/mol. The molecular weight excluding hydrogens is 436 g/mol. The molecule has 5 rings (SSSR count). The molecule has 3 aliphatic heterocycles. The fourth-order valence-electron chi connectivity index (χ4n) is 4.78. The number of pyridine rings is 1. The maximum absolute atomic E-state index is 12.7. The number of ether oxygens (including phenoxy) is 2. The summed E-state index contributed by atoms with van der Waals surface area (Å²) in [4.78, 5) is 33.8. The standard InChI is InChI=1S/C25H30N4O5/c1-27-10-12-28(13-11-27)23(30)21-4-2-19(15-26-21)18-3-5-22-20(14-18)16-33-24(34-22)17-6-8-29(9-7-17)25(31)32/h2-5,14-15,17,24H,6-13,16H2,1H3,(H,31,32). The van der Waals surface area contributed by atoms with Crippen molar-refractivity contribution in [3.63, 3.8) is 0 Å². The number of carbonyl (C=O) groups is 2. The third-order valence-corrected chi connectivity index (χ3v) is 7.01. The van der Waals surface area contributed by atoms with Crippen LogP contribution in [0.5, 0.6) is 5.75 Å². The van der Waals surface area contributed by atoms with E-state index in [1.807, 2.05) is 29.2 Å². The average Bonchev–Trinajstić information content (AvgIpc) is 2.88. The Kier molecular flexibility index (Phi) is 6.38. The first-order valence-electron chi connectivity index (χ1n) is 11.8. The Hall–Kier alpha value is -3.17. The van der Waals surface area contributed by atoms with Crippen LogP contribution in [-0.2, 0) is 11.3 Å². The molecule has 180 valence electrons. The second-order valence-electron chi connectivity index (χ2n) is 9.25. The average molecular weight is 467 g/mol. The summed E-state index contributed by atoms with van der Waals surface area (Å²) in [5.41, 5.74) is 3.36. The van der Waals surface area contributed by atoms with E-state index in [2.05, 4.69) is 16.9 Å². The minimum absolute atomic E-state index is 0.0212. The number of piperazine rings is 1. The second kappa shape index (κ2) is 9.60. The van der Waals surface area contributed by atoms with Crippen molar-refractivity contribution in [2.75, 3.05) is 46.3 Å². The molecule has 9 nitrogen and oxygen atoms in total. The number of likely N-dealkylation sites (tertiary alicyclic amines) is 1. The van der Waals surface area contributed by atoms with E-state index < -0.39 is 6.09 Å². The molecule has 9 heteroatoms. The molecule has 0 bridgehead atoms. The number of hydrogen-bond donors (Lipinski definition) is 1. The first-order valence-corrected chi connectivity index (χ1v) is 11.8. The van der Waals surface area contributed by atoms with Crippen LogP contribution >= 0.6 is 0 Å². The largest absolute Gasteiger partial charge is 0.465 e. The van der Waals surface area contributed by atoms with E-state index in [9.17, 15) is 9.59 Å². The van der Waals surface area contributed by atoms with E-state index in [1.165, 1.54) is 4.90 Å². The second-order valence-corrected chi connectivity index (χ2v) is 9.25. The zero-order valence-corrected chi connectivity index (χ0v) is 19.4. The van der Waals surface area contributed by atoms with E-state index in [0.29, 0.717) is 25.4 Å². The number of carbonyl (C=O) groups excluding carboxylic acids is 1. The summed E-state index contributed by atoms with van der Waals surface area (Å²) < 4.78 is 12.1. The summed E-state index contributed by atoms with van der Waals surface area (Å²) in [7, 11) is 2.06. The topological polar surface area (TPSA) is 95.4 Å². The quantitative estimate of drug-likeness (QED) is 0.743. The Morgan fingerprint density at radius 3 is 2.38 bits per heavy atom. The van der Waals surface area contributed by atoms with Crippen LogP contribution in [0.25, 0.3) is 11.1 Å². The van der Waals surface area contributed by atoms with Gasteiger partial charge < -0.3 is 29.3 Å². The number of nitrogens with zero attached hydrogens (tertiary/aromatic N) is 4. The molecule has 2 aromatic rings. The highest BCUT2D eigenvalue weighted by Gasteiger charge is 2.33. The van der Waals surface area contributed by atoms with Gasteiger partial charge in [-0.3, -0.25) is 9.78 Å². The van der Waals surface area contributed by atoms with Crippen molar-refractivity contribution < 1.29 is 24.2 Å². The van der Waals surface area contributed by atoms with Crippen molar-refractivity contribution in [3.05, 3.63) is 47.8 Å². The van der Waals surface area contributed by atoms with Crippen molar-refractivity contribution in [3.8, 4) is 16.9 Å². The summed E-state index contributed by atoms with van der Waals surface area (Å²) in [5.74, 6) is 0.959. The highest BCUT2D eigenvalue weighted by Crippen LogP contribution is 2.35.